The molecule has 24 heavy (non-hydrogen) atoms. The number of hydrogen-bond donors (Lipinski definition) is 3. The molecule has 0 saturated heterocycles. The lowest BCUT2D eigenvalue weighted by atomic mass is 10.00. The number of carbonyl (C=O) groups is 1. The molecule has 0 amide bonds. The Morgan fingerprint density at radius 1 is 1.17 bits per heavy atom. The standard InChI is InChI=1S/C19H25N3O2/c23-18(24)11-14-7-9-16(10-8-14)20-12-17-13-21-19(22-17)15-5-3-1-2-4-6-15/h7-10,13,15,20H,1-6,11-12H2,(H,21,22)(H,23,24). The largest absolute Gasteiger partial charge is 0.481 e. The Hall–Kier alpha value is -2.30. The number of aromatic nitrogens is 2. The fraction of sp³-hybridized carbons (Fsp3) is 0.474. The number of rotatable bonds is 6. The Labute approximate surface area is 142 Å². The first-order valence-electron chi connectivity index (χ1n) is 8.79. The van der Waals surface area contributed by atoms with Gasteiger partial charge >= 0.3 is 5.97 Å². The van der Waals surface area contributed by atoms with Gasteiger partial charge in [0.2, 0.25) is 0 Å². The molecule has 0 aliphatic heterocycles. The van der Waals surface area contributed by atoms with E-state index in [0.29, 0.717) is 12.5 Å². The van der Waals surface area contributed by atoms with Gasteiger partial charge in [0.1, 0.15) is 5.82 Å². The second-order valence-corrected chi connectivity index (χ2v) is 6.60. The van der Waals surface area contributed by atoms with Crippen LogP contribution in [0.2, 0.25) is 0 Å². The van der Waals surface area contributed by atoms with Gasteiger partial charge in [0.15, 0.2) is 0 Å². The number of H-pyrrole nitrogens is 1. The topological polar surface area (TPSA) is 78.0 Å². The van der Waals surface area contributed by atoms with Gasteiger partial charge in [0.25, 0.3) is 0 Å². The molecule has 0 bridgehead atoms. The van der Waals surface area contributed by atoms with Crippen LogP contribution in [0.25, 0.3) is 0 Å². The summed E-state index contributed by atoms with van der Waals surface area (Å²) in [5.74, 6) is 0.904. The summed E-state index contributed by atoms with van der Waals surface area (Å²) >= 11 is 0. The molecule has 5 heteroatoms. The van der Waals surface area contributed by atoms with Crippen molar-refractivity contribution in [3.63, 3.8) is 0 Å². The lowest BCUT2D eigenvalue weighted by Gasteiger charge is -2.10. The molecule has 0 unspecified atom stereocenters. The molecule has 2 aromatic rings. The van der Waals surface area contributed by atoms with Crippen LogP contribution in [0.4, 0.5) is 5.69 Å². The van der Waals surface area contributed by atoms with Gasteiger partial charge in [-0.05, 0) is 30.5 Å². The molecule has 1 fully saturated rings. The molecular weight excluding hydrogens is 302 g/mol. The zero-order chi connectivity index (χ0) is 16.8. The highest BCUT2D eigenvalue weighted by molar-refractivity contribution is 5.70. The molecular formula is C19H25N3O2. The van der Waals surface area contributed by atoms with Gasteiger partial charge in [-0.25, -0.2) is 4.98 Å². The number of anilines is 1. The third-order valence-corrected chi connectivity index (χ3v) is 4.68. The van der Waals surface area contributed by atoms with Crippen molar-refractivity contribution in [2.75, 3.05) is 5.32 Å². The molecule has 0 atom stereocenters. The Kier molecular flexibility index (Phi) is 5.51. The molecule has 1 heterocycles. The first-order valence-corrected chi connectivity index (χ1v) is 8.79. The fourth-order valence-corrected chi connectivity index (χ4v) is 3.34. The summed E-state index contributed by atoms with van der Waals surface area (Å²) in [4.78, 5) is 18.7. The first kappa shape index (κ1) is 16.6. The Morgan fingerprint density at radius 3 is 2.54 bits per heavy atom. The van der Waals surface area contributed by atoms with Crippen molar-refractivity contribution < 1.29 is 9.90 Å². The second-order valence-electron chi connectivity index (χ2n) is 6.60. The van der Waals surface area contributed by atoms with Crippen molar-refractivity contribution in [1.82, 2.24) is 9.97 Å². The maximum Gasteiger partial charge on any atom is 0.307 e. The van der Waals surface area contributed by atoms with Crippen LogP contribution in [0.3, 0.4) is 0 Å². The summed E-state index contributed by atoms with van der Waals surface area (Å²) in [6.07, 6.45) is 9.78. The normalized spacial score (nSPS) is 15.8. The average molecular weight is 327 g/mol. The third kappa shape index (κ3) is 4.60. The van der Waals surface area contributed by atoms with Gasteiger partial charge in [-0.2, -0.15) is 0 Å². The molecule has 5 nitrogen and oxygen atoms in total. The lowest BCUT2D eigenvalue weighted by Crippen LogP contribution is -2.03. The number of hydrogen-bond acceptors (Lipinski definition) is 3. The van der Waals surface area contributed by atoms with E-state index in [0.717, 1.165) is 22.8 Å². The number of carboxylic acids is 1. The van der Waals surface area contributed by atoms with Crippen LogP contribution in [0, 0.1) is 0 Å². The number of nitrogens with zero attached hydrogens (tertiary/aromatic N) is 1. The Bertz CT molecular complexity index is 656. The molecule has 3 rings (SSSR count). The smallest absolute Gasteiger partial charge is 0.307 e. The van der Waals surface area contributed by atoms with E-state index < -0.39 is 5.97 Å². The van der Waals surface area contributed by atoms with Crippen LogP contribution in [0.1, 0.15) is 61.5 Å². The maximum absolute atomic E-state index is 10.7. The van der Waals surface area contributed by atoms with Crippen LogP contribution >= 0.6 is 0 Å². The summed E-state index contributed by atoms with van der Waals surface area (Å²) < 4.78 is 0. The predicted molar refractivity (Wildman–Crippen MR) is 94.1 cm³/mol. The summed E-state index contributed by atoms with van der Waals surface area (Å²) in [5.41, 5.74) is 2.88. The highest BCUT2D eigenvalue weighted by atomic mass is 16.4. The van der Waals surface area contributed by atoms with E-state index in [1.54, 1.807) is 0 Å². The molecule has 0 radical (unpaired) electrons. The summed E-state index contributed by atoms with van der Waals surface area (Å²) in [5, 5.41) is 12.1. The quantitative estimate of drug-likeness (QED) is 0.698. The Morgan fingerprint density at radius 2 is 1.88 bits per heavy atom. The van der Waals surface area contributed by atoms with E-state index in [9.17, 15) is 4.79 Å². The highest BCUT2D eigenvalue weighted by Gasteiger charge is 2.17. The molecule has 3 N–H and O–H groups in total. The van der Waals surface area contributed by atoms with Crippen LogP contribution in [-0.2, 0) is 17.8 Å². The number of aromatic amines is 1. The number of imidazole rings is 1. The number of aliphatic carboxylic acids is 1. The van der Waals surface area contributed by atoms with Crippen LogP contribution in [-0.4, -0.2) is 21.0 Å². The minimum absolute atomic E-state index is 0.0611. The second kappa shape index (κ2) is 7.99. The van der Waals surface area contributed by atoms with Gasteiger partial charge in [-0.3, -0.25) is 4.79 Å². The van der Waals surface area contributed by atoms with Crippen molar-refractivity contribution in [2.45, 2.75) is 57.4 Å². The maximum atomic E-state index is 10.7. The summed E-state index contributed by atoms with van der Waals surface area (Å²) in [6, 6.07) is 7.53. The van der Waals surface area contributed by atoms with E-state index in [1.165, 1.54) is 38.5 Å². The van der Waals surface area contributed by atoms with Gasteiger partial charge in [-0.15, -0.1) is 0 Å². The number of benzene rings is 1. The van der Waals surface area contributed by atoms with Crippen LogP contribution in [0.15, 0.2) is 30.5 Å². The van der Waals surface area contributed by atoms with E-state index in [-0.39, 0.29) is 6.42 Å². The SMILES string of the molecule is O=C(O)Cc1ccc(NCc2cnc(C3CCCCCC3)[nH]2)cc1. The molecule has 1 saturated carbocycles. The monoisotopic (exact) mass is 327 g/mol. The van der Waals surface area contributed by atoms with Gasteiger partial charge in [0, 0.05) is 11.6 Å². The van der Waals surface area contributed by atoms with E-state index >= 15 is 0 Å². The highest BCUT2D eigenvalue weighted by Crippen LogP contribution is 2.29. The zero-order valence-electron chi connectivity index (χ0n) is 13.9. The van der Waals surface area contributed by atoms with E-state index in [1.807, 2.05) is 30.5 Å². The van der Waals surface area contributed by atoms with Crippen LogP contribution < -0.4 is 5.32 Å². The number of carboxylic acid groups (broad SMARTS) is 1. The predicted octanol–water partition coefficient (Wildman–Crippen LogP) is 4.09. The lowest BCUT2D eigenvalue weighted by molar-refractivity contribution is -0.136. The fourth-order valence-electron chi connectivity index (χ4n) is 3.34. The molecule has 1 aromatic heterocycles. The van der Waals surface area contributed by atoms with Crippen molar-refractivity contribution in [3.8, 4) is 0 Å². The van der Waals surface area contributed by atoms with E-state index in [4.69, 9.17) is 5.11 Å². The molecule has 1 aromatic carbocycles. The zero-order valence-corrected chi connectivity index (χ0v) is 13.9. The van der Waals surface area contributed by atoms with Crippen molar-refractivity contribution in [3.05, 3.63) is 47.5 Å². The Balaban J connectivity index is 1.54. The molecule has 1 aliphatic rings. The minimum Gasteiger partial charge on any atom is -0.481 e. The average Bonchev–Trinajstić information content (AvgIpc) is 2.87. The van der Waals surface area contributed by atoms with Gasteiger partial charge < -0.3 is 15.4 Å². The summed E-state index contributed by atoms with van der Waals surface area (Å²) in [6.45, 7) is 0.692. The van der Waals surface area contributed by atoms with E-state index in [2.05, 4.69) is 15.3 Å². The minimum atomic E-state index is -0.806. The van der Waals surface area contributed by atoms with Gasteiger partial charge in [-0.1, -0.05) is 37.8 Å². The molecule has 1 aliphatic carbocycles. The van der Waals surface area contributed by atoms with Crippen molar-refractivity contribution in [2.24, 2.45) is 0 Å². The molecule has 0 spiro atoms. The number of nitrogens with one attached hydrogen (secondary N) is 2. The van der Waals surface area contributed by atoms with Crippen LogP contribution in [0.5, 0.6) is 0 Å². The van der Waals surface area contributed by atoms with Gasteiger partial charge in [0.05, 0.1) is 24.9 Å². The van der Waals surface area contributed by atoms with Crippen molar-refractivity contribution >= 4 is 11.7 Å². The first-order chi connectivity index (χ1) is 11.7. The van der Waals surface area contributed by atoms with Crippen molar-refractivity contribution in [1.29, 1.82) is 0 Å². The third-order valence-electron chi connectivity index (χ3n) is 4.68. The molecule has 128 valence electrons. The summed E-state index contributed by atoms with van der Waals surface area (Å²) in [7, 11) is 0.